The second kappa shape index (κ2) is 6.70. The summed E-state index contributed by atoms with van der Waals surface area (Å²) >= 11 is 6.65. The summed E-state index contributed by atoms with van der Waals surface area (Å²) in [7, 11) is 0. The Bertz CT molecular complexity index is 617. The van der Waals surface area contributed by atoms with Crippen LogP contribution >= 0.6 is 31.9 Å². The highest BCUT2D eigenvalue weighted by atomic mass is 79.9. The fourth-order valence-electron chi connectivity index (χ4n) is 1.91. The van der Waals surface area contributed by atoms with Crippen LogP contribution in [0, 0.1) is 5.82 Å². The molecule has 1 N–H and O–H groups in total. The number of rotatable bonds is 4. The molecule has 0 aromatic heterocycles. The minimum Gasteiger partial charge on any atom is -0.493 e. The molecule has 0 bridgehead atoms. The summed E-state index contributed by atoms with van der Waals surface area (Å²) in [5.41, 5.74) is 1.22. The lowest BCUT2D eigenvalue weighted by atomic mass is 10.0. The topological polar surface area (TPSA) is 29.5 Å². The molecule has 2 aromatic rings. The summed E-state index contributed by atoms with van der Waals surface area (Å²) in [6.07, 6.45) is -0.899. The summed E-state index contributed by atoms with van der Waals surface area (Å²) in [5, 5.41) is 10.5. The Morgan fingerprint density at radius 3 is 2.55 bits per heavy atom. The van der Waals surface area contributed by atoms with Gasteiger partial charge >= 0.3 is 0 Å². The van der Waals surface area contributed by atoms with Crippen LogP contribution in [0.25, 0.3) is 0 Å². The first-order chi connectivity index (χ1) is 9.52. The molecule has 0 amide bonds. The van der Waals surface area contributed by atoms with Gasteiger partial charge in [0.15, 0.2) is 0 Å². The van der Waals surface area contributed by atoms with Gasteiger partial charge in [-0.2, -0.15) is 0 Å². The van der Waals surface area contributed by atoms with Crippen LogP contribution < -0.4 is 4.74 Å². The molecule has 0 radical (unpaired) electrons. The lowest BCUT2D eigenvalue weighted by Crippen LogP contribution is -2.05. The van der Waals surface area contributed by atoms with Crippen LogP contribution in [0.2, 0.25) is 0 Å². The van der Waals surface area contributed by atoms with E-state index < -0.39 is 6.10 Å². The highest BCUT2D eigenvalue weighted by Gasteiger charge is 2.18. The van der Waals surface area contributed by atoms with Gasteiger partial charge in [-0.1, -0.05) is 37.9 Å². The Kier molecular flexibility index (Phi) is 5.18. The monoisotopic (exact) mass is 402 g/mol. The van der Waals surface area contributed by atoms with E-state index >= 15 is 0 Å². The molecular weight excluding hydrogens is 391 g/mol. The Morgan fingerprint density at radius 1 is 1.15 bits per heavy atom. The number of ether oxygens (including phenoxy) is 1. The molecule has 0 saturated heterocycles. The van der Waals surface area contributed by atoms with E-state index in [1.807, 2.05) is 13.0 Å². The summed E-state index contributed by atoms with van der Waals surface area (Å²) in [5.74, 6) is 0.256. The molecule has 0 aliphatic rings. The average molecular weight is 404 g/mol. The van der Waals surface area contributed by atoms with Crippen LogP contribution in [0.5, 0.6) is 5.75 Å². The standard InChI is InChI=1S/C15H13Br2FO2/c1-2-20-14-6-3-9(16)7-12(14)15(19)11-5-4-10(18)8-13(11)17/h3-8,15,19H,2H2,1H3. The number of aliphatic hydroxyl groups excluding tert-OH is 1. The van der Waals surface area contributed by atoms with Crippen LogP contribution in [0.4, 0.5) is 4.39 Å². The van der Waals surface area contributed by atoms with Crippen LogP contribution in [-0.2, 0) is 0 Å². The quantitative estimate of drug-likeness (QED) is 0.791. The first-order valence-corrected chi connectivity index (χ1v) is 7.66. The second-order valence-electron chi connectivity index (χ2n) is 4.18. The molecule has 2 aromatic carbocycles. The van der Waals surface area contributed by atoms with Crippen LogP contribution in [0.1, 0.15) is 24.2 Å². The minimum absolute atomic E-state index is 0.355. The molecule has 2 nitrogen and oxygen atoms in total. The number of benzene rings is 2. The molecule has 1 atom stereocenters. The van der Waals surface area contributed by atoms with Crippen molar-refractivity contribution < 1.29 is 14.2 Å². The van der Waals surface area contributed by atoms with E-state index in [2.05, 4.69) is 31.9 Å². The predicted octanol–water partition coefficient (Wildman–Crippen LogP) is 4.83. The van der Waals surface area contributed by atoms with Crippen molar-refractivity contribution in [3.8, 4) is 5.75 Å². The second-order valence-corrected chi connectivity index (χ2v) is 5.95. The zero-order valence-corrected chi connectivity index (χ0v) is 13.9. The number of hydrogen-bond donors (Lipinski definition) is 1. The molecule has 106 valence electrons. The first-order valence-electron chi connectivity index (χ1n) is 6.08. The van der Waals surface area contributed by atoms with E-state index in [1.54, 1.807) is 18.2 Å². The molecule has 0 aliphatic carbocycles. The van der Waals surface area contributed by atoms with Crippen LogP contribution in [-0.4, -0.2) is 11.7 Å². The first kappa shape index (κ1) is 15.5. The lowest BCUT2D eigenvalue weighted by Gasteiger charge is -2.17. The number of hydrogen-bond acceptors (Lipinski definition) is 2. The Hall–Kier alpha value is -0.910. The zero-order valence-electron chi connectivity index (χ0n) is 10.7. The van der Waals surface area contributed by atoms with Gasteiger partial charge in [-0.05, 0) is 42.8 Å². The van der Waals surface area contributed by atoms with E-state index in [9.17, 15) is 9.50 Å². The zero-order chi connectivity index (χ0) is 14.7. The number of aliphatic hydroxyl groups is 1. The van der Waals surface area contributed by atoms with Gasteiger partial charge in [0, 0.05) is 14.5 Å². The summed E-state index contributed by atoms with van der Waals surface area (Å²) in [6.45, 7) is 2.39. The molecule has 20 heavy (non-hydrogen) atoms. The minimum atomic E-state index is -0.899. The molecule has 0 heterocycles. The van der Waals surface area contributed by atoms with Gasteiger partial charge in [-0.25, -0.2) is 4.39 Å². The van der Waals surface area contributed by atoms with Gasteiger partial charge in [0.05, 0.1) is 6.61 Å². The van der Waals surface area contributed by atoms with Crippen molar-refractivity contribution in [2.75, 3.05) is 6.61 Å². The molecule has 2 rings (SSSR count). The van der Waals surface area contributed by atoms with Gasteiger partial charge in [-0.15, -0.1) is 0 Å². The Labute approximate surface area is 133 Å². The summed E-state index contributed by atoms with van der Waals surface area (Å²) < 4.78 is 20.0. The maximum atomic E-state index is 13.1. The fourth-order valence-corrected chi connectivity index (χ4v) is 2.86. The normalized spacial score (nSPS) is 12.2. The van der Waals surface area contributed by atoms with E-state index in [0.29, 0.717) is 28.0 Å². The average Bonchev–Trinajstić information content (AvgIpc) is 2.40. The van der Waals surface area contributed by atoms with Crippen molar-refractivity contribution in [2.45, 2.75) is 13.0 Å². The molecule has 0 saturated carbocycles. The van der Waals surface area contributed by atoms with Crippen molar-refractivity contribution in [3.63, 3.8) is 0 Å². The number of halogens is 3. The van der Waals surface area contributed by atoms with Gasteiger partial charge in [0.25, 0.3) is 0 Å². The molecule has 5 heteroatoms. The van der Waals surface area contributed by atoms with Gasteiger partial charge < -0.3 is 9.84 Å². The summed E-state index contributed by atoms with van der Waals surface area (Å²) in [4.78, 5) is 0. The molecule has 1 unspecified atom stereocenters. The fraction of sp³-hybridized carbons (Fsp3) is 0.200. The van der Waals surface area contributed by atoms with Crippen molar-refractivity contribution >= 4 is 31.9 Å². The van der Waals surface area contributed by atoms with E-state index in [1.165, 1.54) is 12.1 Å². The molecule has 0 fully saturated rings. The van der Waals surface area contributed by atoms with E-state index in [0.717, 1.165) is 4.47 Å². The predicted molar refractivity (Wildman–Crippen MR) is 83.5 cm³/mol. The Morgan fingerprint density at radius 2 is 1.90 bits per heavy atom. The smallest absolute Gasteiger partial charge is 0.125 e. The van der Waals surface area contributed by atoms with E-state index in [4.69, 9.17) is 4.74 Å². The highest BCUT2D eigenvalue weighted by molar-refractivity contribution is 9.10. The Balaban J connectivity index is 2.46. The maximum Gasteiger partial charge on any atom is 0.125 e. The molecule has 0 aliphatic heterocycles. The van der Waals surface area contributed by atoms with E-state index in [-0.39, 0.29) is 5.82 Å². The van der Waals surface area contributed by atoms with Crippen molar-refractivity contribution in [1.82, 2.24) is 0 Å². The lowest BCUT2D eigenvalue weighted by molar-refractivity contribution is 0.211. The van der Waals surface area contributed by atoms with Gasteiger partial charge in [0.1, 0.15) is 17.7 Å². The highest BCUT2D eigenvalue weighted by Crippen LogP contribution is 2.35. The van der Waals surface area contributed by atoms with Crippen LogP contribution in [0.15, 0.2) is 45.3 Å². The van der Waals surface area contributed by atoms with Crippen molar-refractivity contribution in [1.29, 1.82) is 0 Å². The van der Waals surface area contributed by atoms with Gasteiger partial charge in [0.2, 0.25) is 0 Å². The summed E-state index contributed by atoms with van der Waals surface area (Å²) in [6, 6.07) is 9.65. The SMILES string of the molecule is CCOc1ccc(Br)cc1C(O)c1ccc(F)cc1Br. The van der Waals surface area contributed by atoms with Crippen molar-refractivity contribution in [2.24, 2.45) is 0 Å². The third-order valence-corrected chi connectivity index (χ3v) is 4.00. The maximum absolute atomic E-state index is 13.1. The van der Waals surface area contributed by atoms with Crippen molar-refractivity contribution in [3.05, 3.63) is 62.3 Å². The molecular formula is C15H13Br2FO2. The van der Waals surface area contributed by atoms with Gasteiger partial charge in [-0.3, -0.25) is 0 Å². The third-order valence-electron chi connectivity index (χ3n) is 2.82. The molecule has 0 spiro atoms. The third kappa shape index (κ3) is 3.40. The largest absolute Gasteiger partial charge is 0.493 e. The van der Waals surface area contributed by atoms with Crippen LogP contribution in [0.3, 0.4) is 0 Å².